The van der Waals surface area contributed by atoms with Crippen molar-refractivity contribution in [3.63, 3.8) is 0 Å². The van der Waals surface area contributed by atoms with Crippen LogP contribution < -0.4 is 5.59 Å². The van der Waals surface area contributed by atoms with E-state index < -0.39 is 0 Å². The van der Waals surface area contributed by atoms with Crippen LogP contribution in [0.1, 0.15) is 0 Å². The molecule has 3 heteroatoms. The van der Waals surface area contributed by atoms with Crippen LogP contribution in [-0.4, -0.2) is 12.3 Å². The van der Waals surface area contributed by atoms with Crippen LogP contribution >= 0.6 is 11.6 Å². The lowest BCUT2D eigenvalue weighted by molar-refractivity contribution is 1.38. The minimum absolute atomic E-state index is 0.578. The van der Waals surface area contributed by atoms with Gasteiger partial charge in [-0.15, -0.1) is 0 Å². The van der Waals surface area contributed by atoms with Gasteiger partial charge in [-0.25, -0.2) is 0 Å². The van der Waals surface area contributed by atoms with Crippen molar-refractivity contribution in [1.29, 1.82) is 0 Å². The summed E-state index contributed by atoms with van der Waals surface area (Å²) in [4.78, 5) is 4.06. The standard InChI is InChI=1S/C6H7BClN/c1-7-5-3-2-4-6(8)9-5/h2-4,7H,1H3. The van der Waals surface area contributed by atoms with E-state index in [1.165, 1.54) is 0 Å². The number of hydrogen-bond acceptors (Lipinski definition) is 1. The molecule has 0 bridgehead atoms. The predicted octanol–water partition coefficient (Wildman–Crippen LogP) is 0.845. The SMILES string of the molecule is CBc1cccc(Cl)n1. The van der Waals surface area contributed by atoms with Gasteiger partial charge in [0.15, 0.2) is 7.28 Å². The van der Waals surface area contributed by atoms with E-state index in [0.717, 1.165) is 12.9 Å². The summed E-state index contributed by atoms with van der Waals surface area (Å²) in [5.74, 6) is 0. The van der Waals surface area contributed by atoms with Crippen molar-refractivity contribution in [1.82, 2.24) is 4.98 Å². The van der Waals surface area contributed by atoms with Crippen molar-refractivity contribution in [3.05, 3.63) is 23.4 Å². The fourth-order valence-electron chi connectivity index (χ4n) is 0.647. The Morgan fingerprint density at radius 2 is 2.33 bits per heavy atom. The normalized spacial score (nSPS) is 9.11. The molecule has 0 aliphatic carbocycles. The molecule has 1 aromatic rings. The molecule has 0 saturated carbocycles. The number of nitrogens with zero attached hydrogens (tertiary/aromatic N) is 1. The van der Waals surface area contributed by atoms with Crippen LogP contribution in [-0.2, 0) is 0 Å². The molecule has 1 heterocycles. The van der Waals surface area contributed by atoms with Gasteiger partial charge in [0, 0.05) is 5.59 Å². The van der Waals surface area contributed by atoms with E-state index in [2.05, 4.69) is 11.8 Å². The van der Waals surface area contributed by atoms with E-state index >= 15 is 0 Å². The molecule has 9 heavy (non-hydrogen) atoms. The van der Waals surface area contributed by atoms with Crippen LogP contribution in [0.5, 0.6) is 0 Å². The summed E-state index contributed by atoms with van der Waals surface area (Å²) in [5, 5.41) is 0.578. The second-order valence-electron chi connectivity index (χ2n) is 1.81. The van der Waals surface area contributed by atoms with Crippen molar-refractivity contribution in [2.45, 2.75) is 6.82 Å². The van der Waals surface area contributed by atoms with Crippen molar-refractivity contribution in [3.8, 4) is 0 Å². The highest BCUT2D eigenvalue weighted by Gasteiger charge is 1.90. The molecule has 1 rings (SSSR count). The molecular formula is C6H7BClN. The first kappa shape index (κ1) is 6.62. The number of rotatable bonds is 1. The number of aromatic nitrogens is 1. The molecule has 46 valence electrons. The van der Waals surface area contributed by atoms with E-state index in [1.807, 2.05) is 12.1 Å². The maximum Gasteiger partial charge on any atom is 0.179 e. The molecule has 0 radical (unpaired) electrons. The van der Waals surface area contributed by atoms with Crippen LogP contribution in [0.2, 0.25) is 12.0 Å². The summed E-state index contributed by atoms with van der Waals surface area (Å²) in [6.45, 7) is 2.05. The van der Waals surface area contributed by atoms with Crippen molar-refractivity contribution in [2.24, 2.45) is 0 Å². The van der Waals surface area contributed by atoms with Crippen molar-refractivity contribution >= 4 is 24.5 Å². The van der Waals surface area contributed by atoms with Gasteiger partial charge < -0.3 is 0 Å². The van der Waals surface area contributed by atoms with Gasteiger partial charge in [-0.2, -0.15) is 0 Å². The van der Waals surface area contributed by atoms with E-state index in [0.29, 0.717) is 5.15 Å². The summed E-state index contributed by atoms with van der Waals surface area (Å²) in [6, 6.07) is 5.65. The number of pyridine rings is 1. The van der Waals surface area contributed by atoms with Crippen molar-refractivity contribution in [2.75, 3.05) is 0 Å². The maximum absolute atomic E-state index is 5.61. The minimum atomic E-state index is 0.578. The van der Waals surface area contributed by atoms with E-state index in [9.17, 15) is 0 Å². The van der Waals surface area contributed by atoms with Crippen LogP contribution in [0.15, 0.2) is 18.2 Å². The van der Waals surface area contributed by atoms with Gasteiger partial charge in [0.25, 0.3) is 0 Å². The highest BCUT2D eigenvalue weighted by Crippen LogP contribution is 1.97. The van der Waals surface area contributed by atoms with Crippen LogP contribution in [0.25, 0.3) is 0 Å². The van der Waals surface area contributed by atoms with Crippen LogP contribution in [0.4, 0.5) is 0 Å². The Labute approximate surface area is 60.3 Å². The zero-order valence-corrected chi connectivity index (χ0v) is 6.02. The lowest BCUT2D eigenvalue weighted by atomic mass is 9.78. The molecule has 0 aliphatic heterocycles. The molecule has 0 spiro atoms. The fourth-order valence-corrected chi connectivity index (χ4v) is 0.829. The second-order valence-corrected chi connectivity index (χ2v) is 2.19. The largest absolute Gasteiger partial charge is 0.252 e. The number of halogens is 1. The van der Waals surface area contributed by atoms with Crippen molar-refractivity contribution < 1.29 is 0 Å². The molecule has 1 nitrogen and oxygen atoms in total. The Morgan fingerprint density at radius 3 is 2.78 bits per heavy atom. The lowest BCUT2D eigenvalue weighted by Crippen LogP contribution is -2.13. The van der Waals surface area contributed by atoms with Gasteiger partial charge >= 0.3 is 0 Å². The predicted molar refractivity (Wildman–Crippen MR) is 41.9 cm³/mol. The van der Waals surface area contributed by atoms with Gasteiger partial charge in [0.1, 0.15) is 5.15 Å². The van der Waals surface area contributed by atoms with E-state index in [-0.39, 0.29) is 0 Å². The minimum Gasteiger partial charge on any atom is -0.252 e. The average Bonchev–Trinajstić information content (AvgIpc) is 1.88. The summed E-state index contributed by atoms with van der Waals surface area (Å²) < 4.78 is 0. The lowest BCUT2D eigenvalue weighted by Gasteiger charge is -1.92. The average molecular weight is 139 g/mol. The monoisotopic (exact) mass is 139 g/mol. The Bertz CT molecular complexity index is 202. The quantitative estimate of drug-likeness (QED) is 0.415. The summed E-state index contributed by atoms with van der Waals surface area (Å²) in [6.07, 6.45) is 0. The zero-order valence-electron chi connectivity index (χ0n) is 5.26. The van der Waals surface area contributed by atoms with Gasteiger partial charge in [0.05, 0.1) is 0 Å². The Balaban J connectivity index is 2.94. The molecule has 0 saturated heterocycles. The van der Waals surface area contributed by atoms with E-state index in [4.69, 9.17) is 11.6 Å². The number of hydrogen-bond donors (Lipinski definition) is 0. The fraction of sp³-hybridized carbons (Fsp3) is 0.167. The van der Waals surface area contributed by atoms with Gasteiger partial charge in [0.2, 0.25) is 0 Å². The first-order chi connectivity index (χ1) is 4.33. The molecule has 0 atom stereocenters. The van der Waals surface area contributed by atoms with Crippen LogP contribution in [0.3, 0.4) is 0 Å². The van der Waals surface area contributed by atoms with Gasteiger partial charge in [-0.1, -0.05) is 30.6 Å². The third-order valence-corrected chi connectivity index (χ3v) is 1.35. The first-order valence-corrected chi connectivity index (χ1v) is 3.32. The Hall–Kier alpha value is -0.495. The molecule has 0 N–H and O–H groups in total. The Morgan fingerprint density at radius 1 is 1.56 bits per heavy atom. The smallest absolute Gasteiger partial charge is 0.179 e. The molecule has 0 unspecified atom stereocenters. The second kappa shape index (κ2) is 2.88. The maximum atomic E-state index is 5.61. The summed E-state index contributed by atoms with van der Waals surface area (Å²) in [5.41, 5.74) is 1.04. The van der Waals surface area contributed by atoms with Gasteiger partial charge in [-0.05, 0) is 6.07 Å². The third kappa shape index (κ3) is 1.72. The highest BCUT2D eigenvalue weighted by atomic mass is 35.5. The van der Waals surface area contributed by atoms with Crippen LogP contribution in [0, 0.1) is 0 Å². The van der Waals surface area contributed by atoms with Gasteiger partial charge in [-0.3, -0.25) is 4.98 Å². The Kier molecular flexibility index (Phi) is 2.12. The summed E-state index contributed by atoms with van der Waals surface area (Å²) >= 11 is 5.61. The molecular weight excluding hydrogens is 132 g/mol. The summed E-state index contributed by atoms with van der Waals surface area (Å²) in [7, 11) is 0.945. The third-order valence-electron chi connectivity index (χ3n) is 1.14. The molecule has 0 aliphatic rings. The molecule has 1 aromatic heterocycles. The van der Waals surface area contributed by atoms with E-state index in [1.54, 1.807) is 6.07 Å². The molecule has 0 aromatic carbocycles. The first-order valence-electron chi connectivity index (χ1n) is 2.94. The molecule has 0 amide bonds. The topological polar surface area (TPSA) is 12.9 Å². The zero-order chi connectivity index (χ0) is 6.69. The molecule has 0 fully saturated rings. The highest BCUT2D eigenvalue weighted by molar-refractivity contribution is 6.51.